The number of rotatable bonds is 5. The lowest BCUT2D eigenvalue weighted by Gasteiger charge is -2.38. The Balaban J connectivity index is 1.43. The molecule has 0 radical (unpaired) electrons. The molecule has 29 heavy (non-hydrogen) atoms. The third kappa shape index (κ3) is 5.53. The normalized spacial score (nSPS) is 28.0. The lowest BCUT2D eigenvalue weighted by Crippen LogP contribution is -3.30. The Labute approximate surface area is 181 Å². The summed E-state index contributed by atoms with van der Waals surface area (Å²) in [4.78, 5) is 16.6. The molecule has 1 amide bonds. The SMILES string of the molecule is O=C(NC1CCCCC1)C(c1ccc(Cl)cc1)[NH+]1CC[NH+](C2CCCCC2)CC1. The molecule has 3 fully saturated rings. The Morgan fingerprint density at radius 2 is 1.45 bits per heavy atom. The van der Waals surface area contributed by atoms with E-state index in [1.165, 1.54) is 69.4 Å². The molecular weight excluding hydrogens is 382 g/mol. The molecule has 0 bridgehead atoms. The Kier molecular flexibility index (Phi) is 7.49. The van der Waals surface area contributed by atoms with Gasteiger partial charge in [0.15, 0.2) is 6.04 Å². The van der Waals surface area contributed by atoms with Crippen LogP contribution in [0, 0.1) is 0 Å². The molecule has 1 saturated heterocycles. The van der Waals surface area contributed by atoms with Crippen molar-refractivity contribution < 1.29 is 14.6 Å². The Bertz CT molecular complexity index is 645. The van der Waals surface area contributed by atoms with Crippen molar-refractivity contribution >= 4 is 17.5 Å². The molecule has 0 spiro atoms. The molecule has 1 heterocycles. The van der Waals surface area contributed by atoms with Gasteiger partial charge in [0.1, 0.15) is 26.2 Å². The third-order valence-electron chi connectivity index (χ3n) is 7.54. The van der Waals surface area contributed by atoms with E-state index in [0.29, 0.717) is 6.04 Å². The van der Waals surface area contributed by atoms with E-state index in [1.54, 1.807) is 4.90 Å². The van der Waals surface area contributed by atoms with E-state index in [9.17, 15) is 4.79 Å². The van der Waals surface area contributed by atoms with Gasteiger partial charge in [0.2, 0.25) is 0 Å². The van der Waals surface area contributed by atoms with Gasteiger partial charge in [-0.3, -0.25) is 4.79 Å². The number of hydrogen-bond acceptors (Lipinski definition) is 1. The highest BCUT2D eigenvalue weighted by molar-refractivity contribution is 6.30. The molecule has 160 valence electrons. The second-order valence-corrected chi connectivity index (χ2v) is 9.92. The van der Waals surface area contributed by atoms with Crippen LogP contribution in [0.2, 0.25) is 5.02 Å². The molecule has 1 atom stereocenters. The van der Waals surface area contributed by atoms with E-state index in [-0.39, 0.29) is 11.9 Å². The third-order valence-corrected chi connectivity index (χ3v) is 7.79. The summed E-state index contributed by atoms with van der Waals surface area (Å²) in [5.41, 5.74) is 1.11. The molecule has 1 unspecified atom stereocenters. The van der Waals surface area contributed by atoms with E-state index >= 15 is 0 Å². The van der Waals surface area contributed by atoms with Crippen molar-refractivity contribution in [3.05, 3.63) is 34.9 Å². The second-order valence-electron chi connectivity index (χ2n) is 9.48. The number of benzene rings is 1. The van der Waals surface area contributed by atoms with Crippen LogP contribution >= 0.6 is 11.6 Å². The van der Waals surface area contributed by atoms with Crippen LogP contribution in [0.25, 0.3) is 0 Å². The Morgan fingerprint density at radius 3 is 2.07 bits per heavy atom. The summed E-state index contributed by atoms with van der Waals surface area (Å²) in [6, 6.07) is 9.08. The fraction of sp³-hybridized carbons (Fsp3) is 0.708. The average Bonchev–Trinajstić information content (AvgIpc) is 2.77. The molecule has 1 aliphatic heterocycles. The summed E-state index contributed by atoms with van der Waals surface area (Å²) >= 11 is 6.13. The number of piperazine rings is 1. The lowest BCUT2D eigenvalue weighted by molar-refractivity contribution is -1.03. The standard InChI is InChI=1S/C24H36ClN3O/c25-20-13-11-19(12-14-20)23(24(29)26-21-7-3-1-4-8-21)28-17-15-27(16-18-28)22-9-5-2-6-10-22/h11-14,21-23H,1-10,15-18H2,(H,26,29)/p+2. The van der Waals surface area contributed by atoms with Crippen LogP contribution in [0.15, 0.2) is 24.3 Å². The molecule has 4 nitrogen and oxygen atoms in total. The lowest BCUT2D eigenvalue weighted by atomic mass is 9.93. The van der Waals surface area contributed by atoms with Crippen molar-refractivity contribution in [3.8, 4) is 0 Å². The quantitative estimate of drug-likeness (QED) is 0.670. The molecule has 3 aliphatic rings. The van der Waals surface area contributed by atoms with Crippen molar-refractivity contribution in [3.63, 3.8) is 0 Å². The molecule has 3 N–H and O–H groups in total. The van der Waals surface area contributed by atoms with Crippen LogP contribution in [0.3, 0.4) is 0 Å². The maximum Gasteiger partial charge on any atom is 0.283 e. The Hall–Kier alpha value is -1.10. The largest absolute Gasteiger partial charge is 0.348 e. The zero-order chi connectivity index (χ0) is 20.1. The number of quaternary nitrogens is 2. The summed E-state index contributed by atoms with van der Waals surface area (Å²) in [6.45, 7) is 4.55. The minimum Gasteiger partial charge on any atom is -0.348 e. The van der Waals surface area contributed by atoms with Crippen molar-refractivity contribution in [2.24, 2.45) is 0 Å². The van der Waals surface area contributed by atoms with Gasteiger partial charge in [0.05, 0.1) is 6.04 Å². The topological polar surface area (TPSA) is 38.0 Å². The maximum absolute atomic E-state index is 13.4. The number of carbonyl (C=O) groups is 1. The first-order valence-electron chi connectivity index (χ1n) is 12.0. The average molecular weight is 420 g/mol. The van der Waals surface area contributed by atoms with Gasteiger partial charge < -0.3 is 15.1 Å². The minimum absolute atomic E-state index is 0.109. The predicted octanol–water partition coefficient (Wildman–Crippen LogP) is 1.95. The minimum atomic E-state index is -0.109. The Morgan fingerprint density at radius 1 is 0.862 bits per heavy atom. The number of nitrogens with one attached hydrogen (secondary N) is 3. The van der Waals surface area contributed by atoms with E-state index in [2.05, 4.69) is 17.4 Å². The van der Waals surface area contributed by atoms with Gasteiger partial charge >= 0.3 is 0 Å². The fourth-order valence-corrected chi connectivity index (χ4v) is 5.99. The molecule has 2 saturated carbocycles. The first-order valence-corrected chi connectivity index (χ1v) is 12.3. The van der Waals surface area contributed by atoms with Crippen LogP contribution in [-0.4, -0.2) is 44.2 Å². The first kappa shape index (κ1) is 21.1. The summed E-state index contributed by atoms with van der Waals surface area (Å²) in [7, 11) is 0. The van der Waals surface area contributed by atoms with E-state index in [0.717, 1.165) is 42.6 Å². The first-order chi connectivity index (χ1) is 14.2. The van der Waals surface area contributed by atoms with Crippen LogP contribution in [0.1, 0.15) is 75.8 Å². The van der Waals surface area contributed by atoms with Crippen LogP contribution in [0.5, 0.6) is 0 Å². The molecular formula is C24H38ClN3O+2. The molecule has 2 aliphatic carbocycles. The van der Waals surface area contributed by atoms with Gasteiger partial charge in [-0.2, -0.15) is 0 Å². The molecule has 1 aromatic rings. The zero-order valence-corrected chi connectivity index (χ0v) is 18.5. The van der Waals surface area contributed by atoms with Crippen LogP contribution in [-0.2, 0) is 4.79 Å². The number of amides is 1. The molecule has 5 heteroatoms. The molecule has 0 aromatic heterocycles. The summed E-state index contributed by atoms with van der Waals surface area (Å²) in [5, 5.41) is 4.14. The van der Waals surface area contributed by atoms with Gasteiger partial charge in [0.25, 0.3) is 5.91 Å². The second kappa shape index (κ2) is 10.3. The predicted molar refractivity (Wildman–Crippen MR) is 117 cm³/mol. The van der Waals surface area contributed by atoms with Gasteiger partial charge in [-0.25, -0.2) is 0 Å². The van der Waals surface area contributed by atoms with E-state index < -0.39 is 0 Å². The van der Waals surface area contributed by atoms with Crippen LogP contribution < -0.4 is 15.1 Å². The van der Waals surface area contributed by atoms with E-state index in [4.69, 9.17) is 11.6 Å². The van der Waals surface area contributed by atoms with Gasteiger partial charge in [-0.15, -0.1) is 0 Å². The number of hydrogen-bond donors (Lipinski definition) is 3. The van der Waals surface area contributed by atoms with Crippen molar-refractivity contribution in [1.29, 1.82) is 0 Å². The fourth-order valence-electron chi connectivity index (χ4n) is 5.86. The monoisotopic (exact) mass is 419 g/mol. The van der Waals surface area contributed by atoms with Crippen molar-refractivity contribution in [2.45, 2.75) is 82.3 Å². The maximum atomic E-state index is 13.4. The van der Waals surface area contributed by atoms with E-state index in [1.807, 2.05) is 12.1 Å². The van der Waals surface area contributed by atoms with Gasteiger partial charge in [0, 0.05) is 16.6 Å². The molecule has 4 rings (SSSR count). The summed E-state index contributed by atoms with van der Waals surface area (Å²) in [5.74, 6) is 0.218. The zero-order valence-electron chi connectivity index (χ0n) is 17.7. The highest BCUT2D eigenvalue weighted by atomic mass is 35.5. The highest BCUT2D eigenvalue weighted by Crippen LogP contribution is 2.20. The van der Waals surface area contributed by atoms with Gasteiger partial charge in [-0.1, -0.05) is 49.4 Å². The number of halogens is 1. The smallest absolute Gasteiger partial charge is 0.283 e. The number of carbonyl (C=O) groups excluding carboxylic acids is 1. The summed E-state index contributed by atoms with van der Waals surface area (Å²) in [6.07, 6.45) is 13.1. The van der Waals surface area contributed by atoms with Crippen molar-refractivity contribution in [2.75, 3.05) is 26.2 Å². The van der Waals surface area contributed by atoms with Gasteiger partial charge in [-0.05, 0) is 50.7 Å². The molecule has 1 aromatic carbocycles. The highest BCUT2D eigenvalue weighted by Gasteiger charge is 2.38. The summed E-state index contributed by atoms with van der Waals surface area (Å²) < 4.78 is 0. The van der Waals surface area contributed by atoms with Crippen molar-refractivity contribution in [1.82, 2.24) is 5.32 Å². The van der Waals surface area contributed by atoms with Crippen LogP contribution in [0.4, 0.5) is 0 Å².